The summed E-state index contributed by atoms with van der Waals surface area (Å²) in [5.74, 6) is 0. The van der Waals surface area contributed by atoms with Gasteiger partial charge in [-0.05, 0) is 19.1 Å². The van der Waals surface area contributed by atoms with E-state index < -0.39 is 0 Å². The maximum Gasteiger partial charge on any atom is 0.0372 e. The molecule has 0 aromatic carbocycles. The Morgan fingerprint density at radius 3 is 2.45 bits per heavy atom. The molecule has 0 bridgehead atoms. The van der Waals surface area contributed by atoms with Crippen LogP contribution in [-0.4, -0.2) is 11.5 Å². The van der Waals surface area contributed by atoms with Gasteiger partial charge < -0.3 is 5.73 Å². The summed E-state index contributed by atoms with van der Waals surface area (Å²) in [5, 5.41) is 0. The number of nitrogens with two attached hydrogens (primary N) is 1. The van der Waals surface area contributed by atoms with Crippen molar-refractivity contribution in [1.29, 1.82) is 0 Å². The first-order chi connectivity index (χ1) is 5.31. The Morgan fingerprint density at radius 1 is 1.64 bits per heavy atom. The van der Waals surface area contributed by atoms with Crippen molar-refractivity contribution < 1.29 is 0 Å². The molecule has 0 aliphatic heterocycles. The zero-order valence-corrected chi connectivity index (χ0v) is 6.83. The van der Waals surface area contributed by atoms with Gasteiger partial charge in [-0.2, -0.15) is 0 Å². The molecule has 0 amide bonds. The van der Waals surface area contributed by atoms with Gasteiger partial charge in [-0.25, -0.2) is 0 Å². The largest absolute Gasteiger partial charge is 0.327 e. The molecule has 0 spiro atoms. The van der Waals surface area contributed by atoms with Crippen LogP contribution in [0.15, 0.2) is 37.1 Å². The van der Waals surface area contributed by atoms with Gasteiger partial charge in [-0.1, -0.05) is 12.1 Å². The molecular formula is C9H14N2. The second-order valence-corrected chi connectivity index (χ2v) is 2.00. The molecule has 0 fully saturated rings. The van der Waals surface area contributed by atoms with E-state index in [4.69, 9.17) is 5.73 Å². The van der Waals surface area contributed by atoms with Crippen LogP contribution in [0.2, 0.25) is 0 Å². The number of pyridine rings is 1. The molecule has 0 aliphatic rings. The summed E-state index contributed by atoms with van der Waals surface area (Å²) in [7, 11) is 0. The van der Waals surface area contributed by atoms with Crippen LogP contribution >= 0.6 is 0 Å². The van der Waals surface area contributed by atoms with Crippen LogP contribution in [0.3, 0.4) is 0 Å². The van der Waals surface area contributed by atoms with E-state index in [1.165, 1.54) is 0 Å². The quantitative estimate of drug-likeness (QED) is 0.616. The van der Waals surface area contributed by atoms with E-state index in [1.807, 2.05) is 25.1 Å². The molecule has 0 radical (unpaired) electrons. The maximum absolute atomic E-state index is 4.91. The van der Waals surface area contributed by atoms with E-state index in [1.54, 1.807) is 12.3 Å². The van der Waals surface area contributed by atoms with Crippen LogP contribution in [0, 0.1) is 6.92 Å². The molecule has 2 heteroatoms. The summed E-state index contributed by atoms with van der Waals surface area (Å²) in [6.45, 7) is 5.91. The second-order valence-electron chi connectivity index (χ2n) is 2.00. The minimum atomic E-state index is 0.583. The third-order valence-corrected chi connectivity index (χ3v) is 0.979. The summed E-state index contributed by atoms with van der Waals surface area (Å²) < 4.78 is 0. The Morgan fingerprint density at radius 2 is 2.27 bits per heavy atom. The van der Waals surface area contributed by atoms with E-state index in [2.05, 4.69) is 11.6 Å². The van der Waals surface area contributed by atoms with E-state index >= 15 is 0 Å². The summed E-state index contributed by atoms with van der Waals surface area (Å²) in [4.78, 5) is 3.98. The van der Waals surface area contributed by atoms with Crippen LogP contribution in [0.25, 0.3) is 0 Å². The van der Waals surface area contributed by atoms with Crippen LogP contribution in [-0.2, 0) is 0 Å². The van der Waals surface area contributed by atoms with Crippen molar-refractivity contribution in [2.24, 2.45) is 5.73 Å². The highest BCUT2D eigenvalue weighted by Crippen LogP contribution is 1.85. The van der Waals surface area contributed by atoms with Crippen LogP contribution in [0.4, 0.5) is 0 Å². The van der Waals surface area contributed by atoms with E-state index in [0.29, 0.717) is 6.54 Å². The monoisotopic (exact) mass is 150 g/mol. The van der Waals surface area contributed by atoms with Gasteiger partial charge in [-0.3, -0.25) is 4.98 Å². The molecule has 0 saturated heterocycles. The molecule has 0 unspecified atom stereocenters. The summed E-state index contributed by atoms with van der Waals surface area (Å²) in [6.07, 6.45) is 3.44. The fourth-order valence-corrected chi connectivity index (χ4v) is 0.448. The van der Waals surface area contributed by atoms with Crippen molar-refractivity contribution in [2.75, 3.05) is 6.54 Å². The molecular weight excluding hydrogens is 136 g/mol. The lowest BCUT2D eigenvalue weighted by Crippen LogP contribution is -1.90. The van der Waals surface area contributed by atoms with Gasteiger partial charge >= 0.3 is 0 Å². The van der Waals surface area contributed by atoms with E-state index in [0.717, 1.165) is 5.69 Å². The fourth-order valence-electron chi connectivity index (χ4n) is 0.448. The minimum absolute atomic E-state index is 0.583. The Balaban J connectivity index is 0.000000218. The molecule has 0 atom stereocenters. The molecule has 1 rings (SSSR count). The molecule has 2 nitrogen and oxygen atoms in total. The maximum atomic E-state index is 4.91. The zero-order chi connectivity index (χ0) is 8.53. The summed E-state index contributed by atoms with van der Waals surface area (Å²) in [5.41, 5.74) is 5.98. The smallest absolute Gasteiger partial charge is 0.0372 e. The normalized spacial score (nSPS) is 7.82. The van der Waals surface area contributed by atoms with Crippen molar-refractivity contribution in [3.05, 3.63) is 42.7 Å². The van der Waals surface area contributed by atoms with Gasteiger partial charge in [-0.15, -0.1) is 6.58 Å². The van der Waals surface area contributed by atoms with Gasteiger partial charge in [0.15, 0.2) is 0 Å². The van der Waals surface area contributed by atoms with Crippen LogP contribution < -0.4 is 5.73 Å². The second kappa shape index (κ2) is 6.96. The predicted octanol–water partition coefficient (Wildman–Crippen LogP) is 1.52. The Labute approximate surface area is 67.8 Å². The first-order valence-electron chi connectivity index (χ1n) is 3.50. The van der Waals surface area contributed by atoms with Crippen LogP contribution in [0.5, 0.6) is 0 Å². The topological polar surface area (TPSA) is 38.9 Å². The molecule has 1 aromatic rings. The SMILES string of the molecule is C=CCN.Cc1ccccn1. The lowest BCUT2D eigenvalue weighted by molar-refractivity contribution is 1.20. The average Bonchev–Trinajstić information content (AvgIpc) is 2.07. The molecule has 2 N–H and O–H groups in total. The van der Waals surface area contributed by atoms with E-state index in [9.17, 15) is 0 Å². The predicted molar refractivity (Wildman–Crippen MR) is 48.2 cm³/mol. The zero-order valence-electron chi connectivity index (χ0n) is 6.83. The molecule has 1 aromatic heterocycles. The Hall–Kier alpha value is -1.15. The number of aromatic nitrogens is 1. The van der Waals surface area contributed by atoms with Crippen molar-refractivity contribution in [3.63, 3.8) is 0 Å². The number of aryl methyl sites for hydroxylation is 1. The van der Waals surface area contributed by atoms with Gasteiger partial charge in [0.2, 0.25) is 0 Å². The standard InChI is InChI=1S/C6H7N.C3H7N/c1-6-4-2-3-5-7-6;1-2-3-4/h2-5H,1H3;2H,1,3-4H2. The lowest BCUT2D eigenvalue weighted by Gasteiger charge is -1.82. The average molecular weight is 150 g/mol. The van der Waals surface area contributed by atoms with Gasteiger partial charge in [0.05, 0.1) is 0 Å². The van der Waals surface area contributed by atoms with Crippen LogP contribution in [0.1, 0.15) is 5.69 Å². The first kappa shape index (κ1) is 9.85. The third-order valence-electron chi connectivity index (χ3n) is 0.979. The van der Waals surface area contributed by atoms with Gasteiger partial charge in [0.25, 0.3) is 0 Å². The first-order valence-corrected chi connectivity index (χ1v) is 3.50. The lowest BCUT2D eigenvalue weighted by atomic mass is 10.4. The fraction of sp³-hybridized carbons (Fsp3) is 0.222. The third kappa shape index (κ3) is 6.74. The Bertz CT molecular complexity index is 182. The number of hydrogen-bond acceptors (Lipinski definition) is 2. The molecule has 0 saturated carbocycles. The van der Waals surface area contributed by atoms with Crippen molar-refractivity contribution in [2.45, 2.75) is 6.92 Å². The Kier molecular flexibility index (Phi) is 6.24. The molecule has 1 heterocycles. The molecule has 11 heavy (non-hydrogen) atoms. The van der Waals surface area contributed by atoms with Crippen molar-refractivity contribution >= 4 is 0 Å². The summed E-state index contributed by atoms with van der Waals surface area (Å²) >= 11 is 0. The number of rotatable bonds is 1. The highest BCUT2D eigenvalue weighted by Gasteiger charge is 1.73. The van der Waals surface area contributed by atoms with Gasteiger partial charge in [0.1, 0.15) is 0 Å². The van der Waals surface area contributed by atoms with Crippen molar-refractivity contribution in [3.8, 4) is 0 Å². The number of nitrogens with zero attached hydrogens (tertiary/aromatic N) is 1. The summed E-state index contributed by atoms with van der Waals surface area (Å²) in [6, 6.07) is 5.86. The van der Waals surface area contributed by atoms with Gasteiger partial charge in [0, 0.05) is 18.4 Å². The minimum Gasteiger partial charge on any atom is -0.327 e. The number of hydrogen-bond donors (Lipinski definition) is 1. The van der Waals surface area contributed by atoms with E-state index in [-0.39, 0.29) is 0 Å². The molecule has 0 aliphatic carbocycles. The highest BCUT2D eigenvalue weighted by molar-refractivity contribution is 4.99. The highest BCUT2D eigenvalue weighted by atomic mass is 14.6. The van der Waals surface area contributed by atoms with Crippen molar-refractivity contribution in [1.82, 2.24) is 4.98 Å². The molecule has 60 valence electrons.